The Hall–Kier alpha value is -1.09. The molecule has 0 aromatic carbocycles. The second kappa shape index (κ2) is 4.06. The van der Waals surface area contributed by atoms with Crippen LogP contribution in [-0.4, -0.2) is 11.5 Å². The van der Waals surface area contributed by atoms with Crippen molar-refractivity contribution in [1.82, 2.24) is 10.3 Å². The van der Waals surface area contributed by atoms with Crippen LogP contribution in [0.3, 0.4) is 0 Å². The number of aryl methyl sites for hydroxylation is 1. The summed E-state index contributed by atoms with van der Waals surface area (Å²) < 4.78 is 0. The third-order valence-corrected chi connectivity index (χ3v) is 3.67. The van der Waals surface area contributed by atoms with Crippen molar-refractivity contribution in [3.63, 3.8) is 0 Å². The fraction of sp³-hybridized carbons (Fsp3) is 0.615. The van der Waals surface area contributed by atoms with Gasteiger partial charge in [0, 0.05) is 17.8 Å². The van der Waals surface area contributed by atoms with Gasteiger partial charge in [-0.1, -0.05) is 13.8 Å². The van der Waals surface area contributed by atoms with Crippen LogP contribution in [-0.2, 0) is 0 Å². The van der Waals surface area contributed by atoms with Crippen molar-refractivity contribution < 1.29 is 0 Å². The predicted octanol–water partition coefficient (Wildman–Crippen LogP) is 2.42. The predicted molar refractivity (Wildman–Crippen MR) is 67.1 cm³/mol. The van der Waals surface area contributed by atoms with Crippen LogP contribution in [0.4, 0.5) is 5.82 Å². The Morgan fingerprint density at radius 3 is 2.75 bits per heavy atom. The highest BCUT2D eigenvalue weighted by molar-refractivity contribution is 5.47. The van der Waals surface area contributed by atoms with Gasteiger partial charge in [0.25, 0.3) is 0 Å². The van der Waals surface area contributed by atoms with Gasteiger partial charge in [0.2, 0.25) is 0 Å². The first-order chi connectivity index (χ1) is 7.58. The van der Waals surface area contributed by atoms with Crippen molar-refractivity contribution >= 4 is 5.82 Å². The molecule has 1 unspecified atom stereocenters. The Kier molecular flexibility index (Phi) is 2.89. The molecule has 1 aliphatic carbocycles. The highest BCUT2D eigenvalue weighted by Gasteiger charge is 2.46. The number of nitrogens with one attached hydrogen (secondary N) is 1. The quantitative estimate of drug-likeness (QED) is 0.817. The van der Waals surface area contributed by atoms with Crippen molar-refractivity contribution in [3.8, 4) is 0 Å². The number of rotatable bonds is 4. The average Bonchev–Trinajstić information content (AvgIpc) is 2.96. The summed E-state index contributed by atoms with van der Waals surface area (Å²) in [5.41, 5.74) is 8.84. The molecule has 0 bridgehead atoms. The van der Waals surface area contributed by atoms with Gasteiger partial charge in [-0.05, 0) is 43.4 Å². The maximum Gasteiger partial charge on any atom is 0.128 e. The highest BCUT2D eigenvalue weighted by Crippen LogP contribution is 2.55. The van der Waals surface area contributed by atoms with Gasteiger partial charge in [0.05, 0.1) is 0 Å². The Balaban J connectivity index is 2.38. The molecule has 1 saturated carbocycles. The summed E-state index contributed by atoms with van der Waals surface area (Å²) in [6.45, 7) is 7.55. The third kappa shape index (κ3) is 1.92. The van der Waals surface area contributed by atoms with E-state index in [-0.39, 0.29) is 0 Å². The van der Waals surface area contributed by atoms with Crippen LogP contribution in [0.2, 0.25) is 0 Å². The van der Waals surface area contributed by atoms with Gasteiger partial charge in [-0.25, -0.2) is 4.98 Å². The van der Waals surface area contributed by atoms with E-state index in [9.17, 15) is 0 Å². The molecule has 3 heteroatoms. The van der Waals surface area contributed by atoms with Crippen LogP contribution < -0.4 is 11.1 Å². The molecule has 1 fully saturated rings. The van der Waals surface area contributed by atoms with Crippen LogP contribution in [0, 0.1) is 12.3 Å². The smallest absolute Gasteiger partial charge is 0.128 e. The van der Waals surface area contributed by atoms with Crippen LogP contribution in [0.5, 0.6) is 0 Å². The molecule has 0 aliphatic heterocycles. The first-order valence-corrected chi connectivity index (χ1v) is 6.03. The van der Waals surface area contributed by atoms with E-state index in [0.717, 1.165) is 6.54 Å². The molecule has 1 aliphatic rings. The zero-order chi connectivity index (χ0) is 11.8. The lowest BCUT2D eigenvalue weighted by molar-refractivity contribution is 0.372. The van der Waals surface area contributed by atoms with Gasteiger partial charge in [0.15, 0.2) is 0 Å². The van der Waals surface area contributed by atoms with E-state index in [1.165, 1.54) is 24.0 Å². The van der Waals surface area contributed by atoms with Crippen molar-refractivity contribution in [2.75, 3.05) is 12.3 Å². The molecule has 16 heavy (non-hydrogen) atoms. The number of aromatic nitrogens is 1. The van der Waals surface area contributed by atoms with Crippen molar-refractivity contribution in [1.29, 1.82) is 0 Å². The number of anilines is 1. The monoisotopic (exact) mass is 219 g/mol. The molecule has 0 saturated heterocycles. The first-order valence-electron chi connectivity index (χ1n) is 6.03. The van der Waals surface area contributed by atoms with Crippen LogP contribution in [0.1, 0.15) is 43.9 Å². The van der Waals surface area contributed by atoms with E-state index in [0.29, 0.717) is 17.3 Å². The Bertz CT molecular complexity index is 363. The average molecular weight is 219 g/mol. The summed E-state index contributed by atoms with van der Waals surface area (Å²) in [6, 6.07) is 2.40. The van der Waals surface area contributed by atoms with Crippen LogP contribution >= 0.6 is 0 Å². The molecule has 88 valence electrons. The number of nitrogens with two attached hydrogens (primary N) is 1. The molecule has 3 nitrogen and oxygen atoms in total. The maximum absolute atomic E-state index is 6.03. The summed E-state index contributed by atoms with van der Waals surface area (Å²) in [6.07, 6.45) is 4.34. The molecule has 1 aromatic heterocycles. The molecule has 0 spiro atoms. The number of nitrogen functional groups attached to an aromatic ring is 1. The minimum absolute atomic E-state index is 0.353. The molecule has 0 radical (unpaired) electrons. The molecule has 1 heterocycles. The van der Waals surface area contributed by atoms with Gasteiger partial charge in [-0.15, -0.1) is 0 Å². The van der Waals surface area contributed by atoms with Crippen molar-refractivity contribution in [3.05, 3.63) is 23.4 Å². The summed E-state index contributed by atoms with van der Waals surface area (Å²) in [5.74, 6) is 0.680. The summed E-state index contributed by atoms with van der Waals surface area (Å²) in [5, 5.41) is 3.56. The molecule has 2 rings (SSSR count). The van der Waals surface area contributed by atoms with Gasteiger partial charge >= 0.3 is 0 Å². The van der Waals surface area contributed by atoms with Crippen molar-refractivity contribution in [2.24, 2.45) is 5.41 Å². The molecular formula is C13H21N3. The highest BCUT2D eigenvalue weighted by atomic mass is 15.0. The second-order valence-electron chi connectivity index (χ2n) is 5.07. The normalized spacial score (nSPS) is 19.4. The standard InChI is InChI=1S/C13H21N3/c1-4-15-11(13(3)6-7-13)10-9(2)5-8-16-12(10)14/h5,8,11,15H,4,6-7H2,1-3H3,(H2,14,16). The molecule has 3 N–H and O–H groups in total. The van der Waals surface area contributed by atoms with E-state index >= 15 is 0 Å². The van der Waals surface area contributed by atoms with E-state index in [2.05, 4.69) is 31.1 Å². The molecule has 1 atom stereocenters. The van der Waals surface area contributed by atoms with E-state index < -0.39 is 0 Å². The van der Waals surface area contributed by atoms with Crippen LogP contribution in [0.15, 0.2) is 12.3 Å². The zero-order valence-corrected chi connectivity index (χ0v) is 10.4. The number of hydrogen-bond donors (Lipinski definition) is 2. The lowest BCUT2D eigenvalue weighted by Gasteiger charge is -2.27. The Morgan fingerprint density at radius 2 is 2.25 bits per heavy atom. The van der Waals surface area contributed by atoms with Crippen molar-refractivity contribution in [2.45, 2.75) is 39.7 Å². The van der Waals surface area contributed by atoms with E-state index in [1.807, 2.05) is 6.07 Å². The Labute approximate surface area is 97.5 Å². The van der Waals surface area contributed by atoms with Gasteiger partial charge in [0.1, 0.15) is 5.82 Å². The van der Waals surface area contributed by atoms with Gasteiger partial charge < -0.3 is 11.1 Å². The lowest BCUT2D eigenvalue weighted by Crippen LogP contribution is -2.29. The minimum Gasteiger partial charge on any atom is -0.383 e. The molecular weight excluding hydrogens is 198 g/mol. The fourth-order valence-electron chi connectivity index (χ4n) is 2.35. The van der Waals surface area contributed by atoms with Crippen LogP contribution in [0.25, 0.3) is 0 Å². The largest absolute Gasteiger partial charge is 0.383 e. The SMILES string of the molecule is CCNC(c1c(C)ccnc1N)C1(C)CC1. The summed E-state index contributed by atoms with van der Waals surface area (Å²) >= 11 is 0. The zero-order valence-electron chi connectivity index (χ0n) is 10.4. The van der Waals surface area contributed by atoms with E-state index in [4.69, 9.17) is 5.73 Å². The minimum atomic E-state index is 0.353. The number of nitrogens with zero attached hydrogens (tertiary/aromatic N) is 1. The topological polar surface area (TPSA) is 50.9 Å². The number of hydrogen-bond acceptors (Lipinski definition) is 3. The number of pyridine rings is 1. The summed E-state index contributed by atoms with van der Waals surface area (Å²) in [7, 11) is 0. The summed E-state index contributed by atoms with van der Waals surface area (Å²) in [4.78, 5) is 4.22. The molecule has 0 amide bonds. The Morgan fingerprint density at radius 1 is 1.56 bits per heavy atom. The second-order valence-corrected chi connectivity index (χ2v) is 5.07. The maximum atomic E-state index is 6.03. The van der Waals surface area contributed by atoms with E-state index in [1.54, 1.807) is 6.20 Å². The third-order valence-electron chi connectivity index (χ3n) is 3.67. The lowest BCUT2D eigenvalue weighted by atomic mass is 9.89. The first kappa shape index (κ1) is 11.4. The van der Waals surface area contributed by atoms with Gasteiger partial charge in [-0.3, -0.25) is 0 Å². The van der Waals surface area contributed by atoms with Gasteiger partial charge in [-0.2, -0.15) is 0 Å². The fourth-order valence-corrected chi connectivity index (χ4v) is 2.35. The molecule has 1 aromatic rings.